The van der Waals surface area contributed by atoms with E-state index in [1.54, 1.807) is 0 Å². The van der Waals surface area contributed by atoms with Gasteiger partial charge in [-0.05, 0) is 26.8 Å². The van der Waals surface area contributed by atoms with Gasteiger partial charge >= 0.3 is 0 Å². The van der Waals surface area contributed by atoms with Crippen LogP contribution in [-0.4, -0.2) is 15.6 Å². The average Bonchev–Trinajstić information content (AvgIpc) is 2.05. The Balaban J connectivity index is 3.19. The number of nitro benzene ring substituents is 1. The van der Waals surface area contributed by atoms with Crippen LogP contribution in [0.15, 0.2) is 18.2 Å². The quantitative estimate of drug-likeness (QED) is 0.446. The van der Waals surface area contributed by atoms with Crippen molar-refractivity contribution in [1.82, 2.24) is 0 Å². The van der Waals surface area contributed by atoms with Crippen LogP contribution in [0.4, 0.5) is 11.4 Å². The summed E-state index contributed by atoms with van der Waals surface area (Å²) in [4.78, 5) is 10.2. The highest BCUT2D eigenvalue weighted by Crippen LogP contribution is 2.34. The number of anilines is 1. The first-order chi connectivity index (χ1) is 6.81. The number of nitrogens with one attached hydrogen (secondary N) is 1. The minimum Gasteiger partial charge on any atom is -0.506 e. The van der Waals surface area contributed by atoms with Gasteiger partial charge in [0.15, 0.2) is 5.69 Å². The van der Waals surface area contributed by atoms with E-state index in [1.165, 1.54) is 18.2 Å². The molecule has 0 aliphatic rings. The molecule has 5 nitrogen and oxygen atoms in total. The molecule has 2 N–H and O–H groups in total. The zero-order chi connectivity index (χ0) is 11.6. The number of para-hydroxylation sites is 1. The van der Waals surface area contributed by atoms with Crippen LogP contribution in [0.1, 0.15) is 20.8 Å². The van der Waals surface area contributed by atoms with Crippen LogP contribution >= 0.6 is 0 Å². The van der Waals surface area contributed by atoms with Gasteiger partial charge < -0.3 is 10.4 Å². The summed E-state index contributed by atoms with van der Waals surface area (Å²) < 4.78 is 0. The summed E-state index contributed by atoms with van der Waals surface area (Å²) in [5.41, 5.74) is -0.302. The fourth-order valence-electron chi connectivity index (χ4n) is 1.18. The van der Waals surface area contributed by atoms with Gasteiger partial charge in [-0.25, -0.2) is 0 Å². The third kappa shape index (κ3) is 2.83. The molecule has 0 aliphatic heterocycles. The summed E-state index contributed by atoms with van der Waals surface area (Å²) >= 11 is 0. The maximum absolute atomic E-state index is 10.7. The highest BCUT2D eigenvalue weighted by molar-refractivity contribution is 5.70. The Bertz CT molecular complexity index is 383. The Kier molecular flexibility index (Phi) is 2.83. The number of hydrogen-bond donors (Lipinski definition) is 2. The zero-order valence-corrected chi connectivity index (χ0v) is 8.94. The predicted molar refractivity (Wildman–Crippen MR) is 58.1 cm³/mol. The molecule has 0 radical (unpaired) electrons. The Morgan fingerprint density at radius 1 is 1.40 bits per heavy atom. The zero-order valence-electron chi connectivity index (χ0n) is 8.94. The summed E-state index contributed by atoms with van der Waals surface area (Å²) in [5.74, 6) is -0.112. The van der Waals surface area contributed by atoms with Crippen molar-refractivity contribution in [3.05, 3.63) is 28.3 Å². The third-order valence-corrected chi connectivity index (χ3v) is 1.72. The van der Waals surface area contributed by atoms with Gasteiger partial charge in [-0.1, -0.05) is 6.07 Å². The second-order valence-electron chi connectivity index (χ2n) is 4.30. The van der Waals surface area contributed by atoms with Crippen molar-refractivity contribution in [3.63, 3.8) is 0 Å². The minimum atomic E-state index is -0.520. The Morgan fingerprint density at radius 3 is 2.47 bits per heavy atom. The van der Waals surface area contributed by atoms with Crippen LogP contribution in [0.5, 0.6) is 5.75 Å². The van der Waals surface area contributed by atoms with Crippen molar-refractivity contribution in [1.29, 1.82) is 0 Å². The molecule has 0 spiro atoms. The van der Waals surface area contributed by atoms with E-state index < -0.39 is 4.92 Å². The molecule has 0 amide bonds. The fourth-order valence-corrected chi connectivity index (χ4v) is 1.18. The lowest BCUT2D eigenvalue weighted by atomic mass is 10.1. The van der Waals surface area contributed by atoms with Crippen molar-refractivity contribution < 1.29 is 10.0 Å². The van der Waals surface area contributed by atoms with Crippen LogP contribution in [0.3, 0.4) is 0 Å². The first-order valence-electron chi connectivity index (χ1n) is 4.56. The molecule has 1 rings (SSSR count). The summed E-state index contributed by atoms with van der Waals surface area (Å²) in [6, 6.07) is 4.22. The van der Waals surface area contributed by atoms with Gasteiger partial charge in [0.25, 0.3) is 5.69 Å². The van der Waals surface area contributed by atoms with Gasteiger partial charge in [-0.3, -0.25) is 10.1 Å². The van der Waals surface area contributed by atoms with Crippen LogP contribution in [0, 0.1) is 10.1 Å². The van der Waals surface area contributed by atoms with E-state index in [0.717, 1.165) is 0 Å². The Hall–Kier alpha value is -1.78. The van der Waals surface area contributed by atoms with E-state index in [4.69, 9.17) is 0 Å². The number of aromatic hydroxyl groups is 1. The summed E-state index contributed by atoms with van der Waals surface area (Å²) in [7, 11) is 0. The molecule has 1 aromatic rings. The van der Waals surface area contributed by atoms with Gasteiger partial charge in [0.2, 0.25) is 0 Å². The number of rotatable bonds is 2. The topological polar surface area (TPSA) is 75.4 Å². The van der Waals surface area contributed by atoms with Crippen LogP contribution in [-0.2, 0) is 0 Å². The molecule has 0 unspecified atom stereocenters. The molecule has 0 bridgehead atoms. The molecular formula is C10H14N2O3. The maximum Gasteiger partial charge on any atom is 0.296 e. The van der Waals surface area contributed by atoms with Crippen molar-refractivity contribution in [2.45, 2.75) is 26.3 Å². The lowest BCUT2D eigenvalue weighted by molar-refractivity contribution is -0.384. The van der Waals surface area contributed by atoms with Gasteiger partial charge in [0, 0.05) is 11.6 Å². The monoisotopic (exact) mass is 210 g/mol. The molecule has 0 aliphatic carbocycles. The number of phenols is 1. The second-order valence-corrected chi connectivity index (χ2v) is 4.30. The molecule has 0 heterocycles. The molecular weight excluding hydrogens is 196 g/mol. The standard InChI is InChI=1S/C10H14N2O3/c1-10(2,3)11-9-7(12(14)15)5-4-6-8(9)13/h4-6,11,13H,1-3H3. The molecule has 5 heteroatoms. The molecule has 1 aromatic carbocycles. The molecule has 82 valence electrons. The highest BCUT2D eigenvalue weighted by Gasteiger charge is 2.21. The average molecular weight is 210 g/mol. The Labute approximate surface area is 87.9 Å². The van der Waals surface area contributed by atoms with Gasteiger partial charge in [0.05, 0.1) is 4.92 Å². The van der Waals surface area contributed by atoms with Crippen LogP contribution < -0.4 is 5.32 Å². The number of nitrogens with zero attached hydrogens (tertiary/aromatic N) is 1. The molecule has 0 atom stereocenters. The minimum absolute atomic E-state index is 0.112. The molecule has 0 aromatic heterocycles. The number of phenolic OH excluding ortho intramolecular Hbond substituents is 1. The van der Waals surface area contributed by atoms with Gasteiger partial charge in [-0.2, -0.15) is 0 Å². The van der Waals surface area contributed by atoms with Gasteiger partial charge in [-0.15, -0.1) is 0 Å². The Morgan fingerprint density at radius 2 is 2.00 bits per heavy atom. The van der Waals surface area contributed by atoms with Crippen LogP contribution in [0.2, 0.25) is 0 Å². The van der Waals surface area contributed by atoms with Crippen molar-refractivity contribution in [2.75, 3.05) is 5.32 Å². The van der Waals surface area contributed by atoms with E-state index in [2.05, 4.69) is 5.32 Å². The van der Waals surface area contributed by atoms with Gasteiger partial charge in [0.1, 0.15) is 5.75 Å². The number of nitro groups is 1. The van der Waals surface area contributed by atoms with E-state index in [-0.39, 0.29) is 22.7 Å². The van der Waals surface area contributed by atoms with E-state index in [1.807, 2.05) is 20.8 Å². The normalized spacial score (nSPS) is 11.1. The largest absolute Gasteiger partial charge is 0.506 e. The van der Waals surface area contributed by atoms with Crippen LogP contribution in [0.25, 0.3) is 0 Å². The van der Waals surface area contributed by atoms with E-state index >= 15 is 0 Å². The number of hydrogen-bond acceptors (Lipinski definition) is 4. The lowest BCUT2D eigenvalue weighted by Crippen LogP contribution is -2.26. The lowest BCUT2D eigenvalue weighted by Gasteiger charge is -2.22. The van der Waals surface area contributed by atoms with E-state index in [9.17, 15) is 15.2 Å². The first kappa shape index (κ1) is 11.3. The van der Waals surface area contributed by atoms with E-state index in [0.29, 0.717) is 0 Å². The second kappa shape index (κ2) is 3.76. The third-order valence-electron chi connectivity index (χ3n) is 1.72. The smallest absolute Gasteiger partial charge is 0.296 e. The summed E-state index contributed by atoms with van der Waals surface area (Å²) in [5, 5.41) is 23.2. The molecule has 0 saturated carbocycles. The highest BCUT2D eigenvalue weighted by atomic mass is 16.6. The summed E-state index contributed by atoms with van der Waals surface area (Å²) in [6.45, 7) is 5.59. The fraction of sp³-hybridized carbons (Fsp3) is 0.400. The molecule has 0 fully saturated rings. The van der Waals surface area contributed by atoms with Crippen molar-refractivity contribution in [2.24, 2.45) is 0 Å². The predicted octanol–water partition coefficient (Wildman–Crippen LogP) is 2.51. The maximum atomic E-state index is 10.7. The first-order valence-corrected chi connectivity index (χ1v) is 4.56. The number of benzene rings is 1. The van der Waals surface area contributed by atoms with Crippen molar-refractivity contribution >= 4 is 11.4 Å². The SMILES string of the molecule is CC(C)(C)Nc1c(O)cccc1[N+](=O)[O-]. The molecule has 15 heavy (non-hydrogen) atoms. The van der Waals surface area contributed by atoms with Crippen molar-refractivity contribution in [3.8, 4) is 5.75 Å². The summed E-state index contributed by atoms with van der Waals surface area (Å²) in [6.07, 6.45) is 0. The molecule has 0 saturated heterocycles.